The number of halogens is 1. The van der Waals surface area contributed by atoms with Gasteiger partial charge in [0.2, 0.25) is 0 Å². The maximum atomic E-state index is 14.1. The molecule has 5 nitrogen and oxygen atoms in total. The molecular weight excluding hydrogens is 333 g/mol. The minimum Gasteiger partial charge on any atom is -0.391 e. The SMILES string of the molecule is CC(C)C1N(C)CC12C[C@@H](O)[C@H](NC(=O)c1c[nH]c3cccc(F)c13)C2. The van der Waals surface area contributed by atoms with Crippen molar-refractivity contribution in [2.24, 2.45) is 11.3 Å². The Hall–Kier alpha value is -1.92. The van der Waals surface area contributed by atoms with Crippen LogP contribution in [0.4, 0.5) is 4.39 Å². The number of hydrogen-bond acceptors (Lipinski definition) is 3. The second-order valence-electron chi connectivity index (χ2n) is 8.39. The number of aromatic amines is 1. The Morgan fingerprint density at radius 1 is 1.42 bits per heavy atom. The van der Waals surface area contributed by atoms with Gasteiger partial charge in [0.05, 0.1) is 17.7 Å². The van der Waals surface area contributed by atoms with Gasteiger partial charge >= 0.3 is 0 Å². The van der Waals surface area contributed by atoms with Gasteiger partial charge < -0.3 is 20.3 Å². The number of aliphatic hydroxyl groups excluding tert-OH is 1. The van der Waals surface area contributed by atoms with Gasteiger partial charge in [0.1, 0.15) is 5.82 Å². The van der Waals surface area contributed by atoms with E-state index in [1.807, 2.05) is 0 Å². The minimum absolute atomic E-state index is 0.0613. The fourth-order valence-corrected chi connectivity index (χ4v) is 5.56. The molecular formula is C20H26FN3O2. The van der Waals surface area contributed by atoms with Crippen molar-refractivity contribution < 1.29 is 14.3 Å². The van der Waals surface area contributed by atoms with Gasteiger partial charge in [0, 0.05) is 35.1 Å². The summed E-state index contributed by atoms with van der Waals surface area (Å²) < 4.78 is 14.1. The van der Waals surface area contributed by atoms with E-state index in [2.05, 4.69) is 36.1 Å². The molecule has 26 heavy (non-hydrogen) atoms. The lowest BCUT2D eigenvalue weighted by Gasteiger charge is -2.57. The lowest BCUT2D eigenvalue weighted by Crippen LogP contribution is -2.64. The van der Waals surface area contributed by atoms with Crippen molar-refractivity contribution in [2.45, 2.75) is 44.9 Å². The largest absolute Gasteiger partial charge is 0.391 e. The van der Waals surface area contributed by atoms with Gasteiger partial charge in [0.25, 0.3) is 5.91 Å². The molecule has 0 bridgehead atoms. The Morgan fingerprint density at radius 3 is 2.88 bits per heavy atom. The Balaban J connectivity index is 1.53. The Labute approximate surface area is 152 Å². The average Bonchev–Trinajstić information content (AvgIpc) is 3.10. The van der Waals surface area contributed by atoms with Crippen LogP contribution in [0.15, 0.2) is 24.4 Å². The lowest BCUT2D eigenvalue weighted by atomic mass is 9.66. The summed E-state index contributed by atoms with van der Waals surface area (Å²) in [6.45, 7) is 5.35. The fourth-order valence-electron chi connectivity index (χ4n) is 5.56. The van der Waals surface area contributed by atoms with Gasteiger partial charge in [-0.1, -0.05) is 19.9 Å². The third kappa shape index (κ3) is 2.55. The van der Waals surface area contributed by atoms with Crippen LogP contribution < -0.4 is 5.32 Å². The monoisotopic (exact) mass is 359 g/mol. The predicted octanol–water partition coefficient (Wildman–Crippen LogP) is 2.52. The second kappa shape index (κ2) is 6.06. The molecule has 1 amide bonds. The van der Waals surface area contributed by atoms with Gasteiger partial charge in [-0.15, -0.1) is 0 Å². The van der Waals surface area contributed by atoms with Gasteiger partial charge in [-0.3, -0.25) is 4.79 Å². The highest BCUT2D eigenvalue weighted by Gasteiger charge is 2.58. The first-order valence-corrected chi connectivity index (χ1v) is 9.27. The first-order chi connectivity index (χ1) is 12.3. The maximum Gasteiger partial charge on any atom is 0.253 e. The molecule has 2 aliphatic rings. The predicted molar refractivity (Wildman–Crippen MR) is 98.4 cm³/mol. The molecule has 6 heteroatoms. The summed E-state index contributed by atoms with van der Waals surface area (Å²) in [6, 6.07) is 4.83. The second-order valence-corrected chi connectivity index (χ2v) is 8.39. The molecule has 1 spiro atoms. The highest BCUT2D eigenvalue weighted by molar-refractivity contribution is 6.07. The lowest BCUT2D eigenvalue weighted by molar-refractivity contribution is -0.0827. The normalized spacial score (nSPS) is 31.7. The van der Waals surface area contributed by atoms with E-state index in [4.69, 9.17) is 0 Å². The molecule has 1 aliphatic carbocycles. The van der Waals surface area contributed by atoms with E-state index in [0.29, 0.717) is 29.3 Å². The van der Waals surface area contributed by atoms with Crippen LogP contribution in [0, 0.1) is 17.2 Å². The highest BCUT2D eigenvalue weighted by Crippen LogP contribution is 2.52. The molecule has 1 aliphatic heterocycles. The summed E-state index contributed by atoms with van der Waals surface area (Å²) in [7, 11) is 2.11. The summed E-state index contributed by atoms with van der Waals surface area (Å²) in [6.07, 6.45) is 2.43. The van der Waals surface area contributed by atoms with Crippen LogP contribution in [0.5, 0.6) is 0 Å². The van der Waals surface area contributed by atoms with E-state index in [9.17, 15) is 14.3 Å². The third-order valence-electron chi connectivity index (χ3n) is 6.22. The molecule has 2 fully saturated rings. The molecule has 2 aromatic rings. The number of benzene rings is 1. The zero-order chi connectivity index (χ0) is 18.6. The van der Waals surface area contributed by atoms with Crippen LogP contribution >= 0.6 is 0 Å². The maximum absolute atomic E-state index is 14.1. The van der Waals surface area contributed by atoms with E-state index < -0.39 is 11.9 Å². The molecule has 2 heterocycles. The molecule has 4 atom stereocenters. The van der Waals surface area contributed by atoms with Crippen LogP contribution in [0.2, 0.25) is 0 Å². The number of hydrogen-bond donors (Lipinski definition) is 3. The van der Waals surface area contributed by atoms with Crippen molar-refractivity contribution >= 4 is 16.8 Å². The van der Waals surface area contributed by atoms with Crippen LogP contribution in [0.3, 0.4) is 0 Å². The third-order valence-corrected chi connectivity index (χ3v) is 6.22. The number of aromatic nitrogens is 1. The van der Waals surface area contributed by atoms with Crippen molar-refractivity contribution in [1.82, 2.24) is 15.2 Å². The minimum atomic E-state index is -0.566. The topological polar surface area (TPSA) is 68.4 Å². The van der Waals surface area contributed by atoms with Crippen molar-refractivity contribution in [2.75, 3.05) is 13.6 Å². The number of fused-ring (bicyclic) bond motifs is 1. The Kier molecular flexibility index (Phi) is 4.08. The standard InChI is InChI=1S/C20H26FN3O2/c1-11(2)18-20(10-24(18)3)7-15(16(25)8-20)23-19(26)12-9-22-14-6-4-5-13(21)17(12)14/h4-6,9,11,15-16,18,22,25H,7-8,10H2,1-3H3,(H,23,26)/t15-,16-,18?,20?/m1/s1. The molecule has 1 aromatic carbocycles. The van der Waals surface area contributed by atoms with Crippen molar-refractivity contribution in [3.8, 4) is 0 Å². The molecule has 2 unspecified atom stereocenters. The van der Waals surface area contributed by atoms with Crippen molar-refractivity contribution in [1.29, 1.82) is 0 Å². The van der Waals surface area contributed by atoms with Crippen LogP contribution in [0.25, 0.3) is 10.9 Å². The quantitative estimate of drug-likeness (QED) is 0.789. The van der Waals surface area contributed by atoms with Crippen LogP contribution in [-0.4, -0.2) is 52.7 Å². The zero-order valence-electron chi connectivity index (χ0n) is 15.4. The summed E-state index contributed by atoms with van der Waals surface area (Å²) >= 11 is 0. The summed E-state index contributed by atoms with van der Waals surface area (Å²) in [5.74, 6) is -0.257. The molecule has 1 aromatic heterocycles. The van der Waals surface area contributed by atoms with E-state index in [1.165, 1.54) is 12.3 Å². The van der Waals surface area contributed by atoms with Gasteiger partial charge in [0.15, 0.2) is 0 Å². The molecule has 140 valence electrons. The number of rotatable bonds is 3. The Bertz CT molecular complexity index is 844. The van der Waals surface area contributed by atoms with Crippen molar-refractivity contribution in [3.05, 3.63) is 35.8 Å². The van der Waals surface area contributed by atoms with E-state index in [-0.39, 0.29) is 22.9 Å². The van der Waals surface area contributed by atoms with Gasteiger partial charge in [-0.05, 0) is 37.9 Å². The summed E-state index contributed by atoms with van der Waals surface area (Å²) in [4.78, 5) is 18.0. The number of carbonyl (C=O) groups excluding carboxylic acids is 1. The highest BCUT2D eigenvalue weighted by atomic mass is 19.1. The van der Waals surface area contributed by atoms with E-state index in [1.54, 1.807) is 12.1 Å². The van der Waals surface area contributed by atoms with Gasteiger partial charge in [-0.2, -0.15) is 0 Å². The molecule has 4 rings (SSSR count). The van der Waals surface area contributed by atoms with E-state index in [0.717, 1.165) is 13.0 Å². The number of likely N-dealkylation sites (tertiary alicyclic amines) is 1. The Morgan fingerprint density at radius 2 is 2.19 bits per heavy atom. The molecule has 3 N–H and O–H groups in total. The summed E-state index contributed by atoms with van der Waals surface area (Å²) in [5.41, 5.74) is 0.947. The number of amides is 1. The first-order valence-electron chi connectivity index (χ1n) is 9.27. The van der Waals surface area contributed by atoms with Crippen molar-refractivity contribution in [3.63, 3.8) is 0 Å². The molecule has 1 saturated carbocycles. The smallest absolute Gasteiger partial charge is 0.253 e. The summed E-state index contributed by atoms with van der Waals surface area (Å²) in [5, 5.41) is 13.8. The number of carbonyl (C=O) groups is 1. The van der Waals surface area contributed by atoms with Gasteiger partial charge in [-0.25, -0.2) is 4.39 Å². The average molecular weight is 359 g/mol. The molecule has 0 radical (unpaired) electrons. The first kappa shape index (κ1) is 17.5. The van der Waals surface area contributed by atoms with Crippen LogP contribution in [-0.2, 0) is 0 Å². The number of nitrogens with zero attached hydrogens (tertiary/aromatic N) is 1. The number of aliphatic hydroxyl groups is 1. The molecule has 1 saturated heterocycles. The fraction of sp³-hybridized carbons (Fsp3) is 0.550. The van der Waals surface area contributed by atoms with Crippen LogP contribution in [0.1, 0.15) is 37.0 Å². The number of H-pyrrole nitrogens is 1. The van der Waals surface area contributed by atoms with E-state index >= 15 is 0 Å². The zero-order valence-corrected chi connectivity index (χ0v) is 15.4. The number of nitrogens with one attached hydrogen (secondary N) is 2.